The second kappa shape index (κ2) is 5.45. The average Bonchev–Trinajstić information content (AvgIpc) is 2.44. The summed E-state index contributed by atoms with van der Waals surface area (Å²) in [6.45, 7) is 4.11. The van der Waals surface area contributed by atoms with Crippen molar-refractivity contribution >= 4 is 5.97 Å². The molecule has 0 saturated carbocycles. The molecule has 1 aromatic carbocycles. The van der Waals surface area contributed by atoms with Gasteiger partial charge in [0.1, 0.15) is 11.3 Å². The van der Waals surface area contributed by atoms with Gasteiger partial charge < -0.3 is 9.84 Å². The average molecular weight is 261 g/mol. The number of aliphatic carboxylic acids is 1. The normalized spacial score (nSPS) is 21.5. The van der Waals surface area contributed by atoms with Crippen LogP contribution < -0.4 is 10.1 Å². The molecule has 1 unspecified atom stereocenters. The molecule has 0 heterocycles. The van der Waals surface area contributed by atoms with Crippen molar-refractivity contribution in [3.63, 3.8) is 0 Å². The number of aryl methyl sites for hydroxylation is 1. The molecule has 0 aromatic heterocycles. The topological polar surface area (TPSA) is 58.6 Å². The number of hydrogen-bond donors (Lipinski definition) is 2. The van der Waals surface area contributed by atoms with Crippen molar-refractivity contribution < 1.29 is 14.6 Å². The molecule has 0 fully saturated rings. The maximum Gasteiger partial charge on any atom is 0.328 e. The van der Waals surface area contributed by atoms with E-state index in [4.69, 9.17) is 4.74 Å². The van der Waals surface area contributed by atoms with E-state index >= 15 is 0 Å². The van der Waals surface area contributed by atoms with Gasteiger partial charge in [-0.3, -0.25) is 5.32 Å². The van der Waals surface area contributed by atoms with Crippen LogP contribution in [0.5, 0.6) is 5.75 Å². The zero-order chi connectivity index (χ0) is 13.9. The highest BCUT2D eigenvalue weighted by Gasteiger charge is 2.43. The fraction of sp³-hybridized carbons (Fsp3) is 0.400. The molecule has 1 aliphatic carbocycles. The molecule has 1 aromatic rings. The second-order valence-electron chi connectivity index (χ2n) is 4.76. The number of carbonyl (C=O) groups is 1. The van der Waals surface area contributed by atoms with Gasteiger partial charge in [0.2, 0.25) is 0 Å². The van der Waals surface area contributed by atoms with E-state index in [1.807, 2.05) is 18.2 Å². The number of carboxylic acids is 1. The summed E-state index contributed by atoms with van der Waals surface area (Å²) >= 11 is 0. The van der Waals surface area contributed by atoms with Crippen LogP contribution in [0, 0.1) is 0 Å². The molecular weight excluding hydrogens is 242 g/mol. The summed E-state index contributed by atoms with van der Waals surface area (Å²) < 4.78 is 5.22. The highest BCUT2D eigenvalue weighted by molar-refractivity contribution is 5.82. The molecular formula is C15H19NO3. The molecule has 4 nitrogen and oxygen atoms in total. The first-order valence-corrected chi connectivity index (χ1v) is 6.41. The van der Waals surface area contributed by atoms with E-state index in [1.54, 1.807) is 13.2 Å². The van der Waals surface area contributed by atoms with E-state index < -0.39 is 11.5 Å². The van der Waals surface area contributed by atoms with Crippen molar-refractivity contribution in [1.29, 1.82) is 0 Å². The number of rotatable bonds is 5. The molecule has 2 N–H and O–H groups in total. The molecule has 0 spiro atoms. The monoisotopic (exact) mass is 261 g/mol. The Balaban J connectivity index is 2.52. The second-order valence-corrected chi connectivity index (χ2v) is 4.76. The lowest BCUT2D eigenvalue weighted by molar-refractivity contribution is -0.146. The zero-order valence-corrected chi connectivity index (χ0v) is 11.1. The minimum Gasteiger partial charge on any atom is -0.497 e. The van der Waals surface area contributed by atoms with Gasteiger partial charge in [0.05, 0.1) is 7.11 Å². The van der Waals surface area contributed by atoms with Gasteiger partial charge in [0.25, 0.3) is 0 Å². The Morgan fingerprint density at radius 3 is 3.05 bits per heavy atom. The fourth-order valence-corrected chi connectivity index (χ4v) is 2.70. The molecule has 4 heteroatoms. The Morgan fingerprint density at radius 2 is 2.42 bits per heavy atom. The maximum absolute atomic E-state index is 11.8. The Morgan fingerprint density at radius 1 is 1.63 bits per heavy atom. The van der Waals surface area contributed by atoms with Gasteiger partial charge in [-0.25, -0.2) is 4.79 Å². The summed E-state index contributed by atoms with van der Waals surface area (Å²) in [6, 6.07) is 5.67. The van der Waals surface area contributed by atoms with Gasteiger partial charge in [0, 0.05) is 6.54 Å². The third kappa shape index (κ3) is 2.36. The first kappa shape index (κ1) is 13.6. The third-order valence-electron chi connectivity index (χ3n) is 3.69. The molecule has 19 heavy (non-hydrogen) atoms. The van der Waals surface area contributed by atoms with E-state index in [1.165, 1.54) is 0 Å². The van der Waals surface area contributed by atoms with Crippen LogP contribution in [0.25, 0.3) is 0 Å². The summed E-state index contributed by atoms with van der Waals surface area (Å²) in [5.41, 5.74) is 0.856. The molecule has 1 aliphatic rings. The molecule has 2 rings (SSSR count). The standard InChI is InChI=1S/C15H19NO3/c1-3-9-16-15(14(17)18)8-4-5-11-6-7-12(19-2)10-13(11)15/h3,6-7,10,16H,1,4-5,8-9H2,2H3,(H,17,18). The van der Waals surface area contributed by atoms with Crippen LogP contribution in [0.2, 0.25) is 0 Å². The maximum atomic E-state index is 11.8. The quantitative estimate of drug-likeness (QED) is 0.797. The minimum absolute atomic E-state index is 0.461. The van der Waals surface area contributed by atoms with Crippen molar-refractivity contribution in [3.8, 4) is 5.75 Å². The predicted octanol–water partition coefficient (Wildman–Crippen LogP) is 2.09. The van der Waals surface area contributed by atoms with Gasteiger partial charge in [-0.05, 0) is 42.5 Å². The minimum atomic E-state index is -1.03. The van der Waals surface area contributed by atoms with Gasteiger partial charge in [-0.1, -0.05) is 12.1 Å². The Kier molecular flexibility index (Phi) is 3.90. The first-order valence-electron chi connectivity index (χ1n) is 6.41. The Bertz CT molecular complexity index is 498. The predicted molar refractivity (Wildman–Crippen MR) is 73.4 cm³/mol. The van der Waals surface area contributed by atoms with E-state index in [2.05, 4.69) is 11.9 Å². The van der Waals surface area contributed by atoms with Crippen molar-refractivity contribution in [2.24, 2.45) is 0 Å². The summed E-state index contributed by atoms with van der Waals surface area (Å²) in [5, 5.41) is 12.8. The molecule has 0 aliphatic heterocycles. The SMILES string of the molecule is C=CCNC1(C(=O)O)CCCc2ccc(OC)cc21. The smallest absolute Gasteiger partial charge is 0.328 e. The van der Waals surface area contributed by atoms with E-state index in [0.717, 1.165) is 24.0 Å². The number of hydrogen-bond acceptors (Lipinski definition) is 3. The number of nitrogens with one attached hydrogen (secondary N) is 1. The number of carboxylic acid groups (broad SMARTS) is 1. The van der Waals surface area contributed by atoms with Gasteiger partial charge in [-0.15, -0.1) is 6.58 Å². The summed E-state index contributed by atoms with van der Waals surface area (Å²) in [7, 11) is 1.59. The number of methoxy groups -OCH3 is 1. The van der Waals surface area contributed by atoms with Crippen LogP contribution in [-0.4, -0.2) is 24.7 Å². The Hall–Kier alpha value is -1.81. The number of ether oxygens (including phenoxy) is 1. The summed E-state index contributed by atoms with van der Waals surface area (Å²) in [6.07, 6.45) is 4.02. The van der Waals surface area contributed by atoms with E-state index in [-0.39, 0.29) is 0 Å². The molecule has 0 amide bonds. The largest absolute Gasteiger partial charge is 0.497 e. The van der Waals surface area contributed by atoms with Crippen LogP contribution in [0.15, 0.2) is 30.9 Å². The molecule has 0 radical (unpaired) electrons. The van der Waals surface area contributed by atoms with Crippen LogP contribution in [0.3, 0.4) is 0 Å². The summed E-state index contributed by atoms with van der Waals surface area (Å²) in [4.78, 5) is 11.8. The Labute approximate surface area is 113 Å². The first-order chi connectivity index (χ1) is 9.14. The lowest BCUT2D eigenvalue weighted by Crippen LogP contribution is -2.51. The molecule has 102 valence electrons. The van der Waals surface area contributed by atoms with Crippen LogP contribution in [-0.2, 0) is 16.8 Å². The number of benzene rings is 1. The van der Waals surface area contributed by atoms with Crippen LogP contribution in [0.1, 0.15) is 24.0 Å². The van der Waals surface area contributed by atoms with Crippen molar-refractivity contribution in [1.82, 2.24) is 5.32 Å². The fourth-order valence-electron chi connectivity index (χ4n) is 2.70. The molecule has 0 saturated heterocycles. The molecule has 1 atom stereocenters. The lowest BCUT2D eigenvalue weighted by Gasteiger charge is -2.36. The van der Waals surface area contributed by atoms with E-state index in [0.29, 0.717) is 18.7 Å². The lowest BCUT2D eigenvalue weighted by atomic mass is 9.76. The van der Waals surface area contributed by atoms with Crippen molar-refractivity contribution in [3.05, 3.63) is 42.0 Å². The molecule has 0 bridgehead atoms. The van der Waals surface area contributed by atoms with Crippen molar-refractivity contribution in [2.45, 2.75) is 24.8 Å². The van der Waals surface area contributed by atoms with Gasteiger partial charge in [-0.2, -0.15) is 0 Å². The number of fused-ring (bicyclic) bond motifs is 1. The van der Waals surface area contributed by atoms with Crippen molar-refractivity contribution in [2.75, 3.05) is 13.7 Å². The van der Waals surface area contributed by atoms with Gasteiger partial charge >= 0.3 is 5.97 Å². The van der Waals surface area contributed by atoms with Gasteiger partial charge in [0.15, 0.2) is 0 Å². The van der Waals surface area contributed by atoms with Crippen LogP contribution >= 0.6 is 0 Å². The van der Waals surface area contributed by atoms with Crippen LogP contribution in [0.4, 0.5) is 0 Å². The highest BCUT2D eigenvalue weighted by atomic mass is 16.5. The van der Waals surface area contributed by atoms with E-state index in [9.17, 15) is 9.90 Å². The zero-order valence-electron chi connectivity index (χ0n) is 11.1. The highest BCUT2D eigenvalue weighted by Crippen LogP contribution is 2.37. The summed E-state index contributed by atoms with van der Waals surface area (Å²) in [5.74, 6) is -0.157. The third-order valence-corrected chi connectivity index (χ3v) is 3.69.